The lowest BCUT2D eigenvalue weighted by molar-refractivity contribution is -0.437. The Balaban J connectivity index is 1.35. The Morgan fingerprint density at radius 1 is 0.768 bits per heavy atom. The first-order valence-electron chi connectivity index (χ1n) is 23.9. The molecule has 2 N–H and O–H groups in total. The molecule has 362 valence electrons. The predicted molar refractivity (Wildman–Crippen MR) is 280 cm³/mol. The Bertz CT molecular complexity index is 3230. The number of fused-ring (bicyclic) bond motifs is 6. The van der Waals surface area contributed by atoms with Crippen LogP contribution in [0.5, 0.6) is 0 Å². The van der Waals surface area contributed by atoms with Crippen LogP contribution in [0, 0.1) is 6.92 Å². The van der Waals surface area contributed by atoms with Crippen LogP contribution < -0.4 is 4.90 Å². The number of nitrogens with zero attached hydrogens (tertiary/aromatic N) is 2. The highest BCUT2D eigenvalue weighted by atomic mass is 32.2. The molecule has 0 atom stereocenters. The third-order valence-corrected chi connectivity index (χ3v) is 15.5. The van der Waals surface area contributed by atoms with Crippen LogP contribution in [0.4, 0.5) is 11.4 Å². The largest absolute Gasteiger partial charge is 0.344 e. The molecule has 0 saturated carbocycles. The van der Waals surface area contributed by atoms with Gasteiger partial charge in [0.2, 0.25) is 5.69 Å². The van der Waals surface area contributed by atoms with Gasteiger partial charge in [-0.25, -0.2) is 0 Å². The summed E-state index contributed by atoms with van der Waals surface area (Å²) in [6.45, 7) is 19.2. The Labute approximate surface area is 408 Å². The molecule has 7 rings (SSSR count). The number of hydrogen-bond acceptors (Lipinski definition) is 7. The van der Waals surface area contributed by atoms with Gasteiger partial charge in [-0.1, -0.05) is 101 Å². The van der Waals surface area contributed by atoms with Gasteiger partial charge in [-0.05, 0) is 133 Å². The van der Waals surface area contributed by atoms with E-state index in [9.17, 15) is 35.5 Å². The highest BCUT2D eigenvalue weighted by molar-refractivity contribution is 7.86. The maximum Gasteiger partial charge on any atom is 0.294 e. The molecule has 10 nitrogen and oxygen atoms in total. The summed E-state index contributed by atoms with van der Waals surface area (Å²) >= 11 is 0. The van der Waals surface area contributed by atoms with Crippen LogP contribution in [0.2, 0.25) is 0 Å². The molecule has 2 heterocycles. The van der Waals surface area contributed by atoms with Crippen LogP contribution in [0.3, 0.4) is 0 Å². The van der Waals surface area contributed by atoms with Crippen molar-refractivity contribution in [2.45, 2.75) is 116 Å². The molecule has 0 amide bonds. The minimum Gasteiger partial charge on any atom is -0.344 e. The van der Waals surface area contributed by atoms with Crippen molar-refractivity contribution in [2.75, 3.05) is 23.7 Å². The first-order valence-corrected chi connectivity index (χ1v) is 27.0. The van der Waals surface area contributed by atoms with Crippen LogP contribution in [0.25, 0.3) is 27.1 Å². The zero-order valence-corrected chi connectivity index (χ0v) is 42.6. The Hall–Kier alpha value is -5.79. The van der Waals surface area contributed by atoms with Crippen molar-refractivity contribution in [1.29, 1.82) is 0 Å². The SMILES string of the molecule is C=C(C)C(=O)CCCCCC(=O)c1ccc(C(C=CC2=[N+](CCCS(=O)(=O)O)c3ccc4c(C)cc(S(=O)(=O)O)cc4c3C2(C)C)=CC=C2N(CCCC)c3ccc4ccccc4c3C2(C)C)cc1. The molecule has 2 aliphatic rings. The van der Waals surface area contributed by atoms with Crippen molar-refractivity contribution in [3.8, 4) is 0 Å². The summed E-state index contributed by atoms with van der Waals surface area (Å²) in [5, 5.41) is 3.87. The molecule has 0 spiro atoms. The minimum absolute atomic E-state index is 0.0291. The summed E-state index contributed by atoms with van der Waals surface area (Å²) in [5.74, 6) is -0.367. The number of allylic oxidation sites excluding steroid dienone is 7. The molecule has 12 heteroatoms. The summed E-state index contributed by atoms with van der Waals surface area (Å²) < 4.78 is 71.0. The molecule has 0 aromatic heterocycles. The van der Waals surface area contributed by atoms with Gasteiger partial charge in [0.05, 0.1) is 16.1 Å². The van der Waals surface area contributed by atoms with Gasteiger partial charge in [-0.15, -0.1) is 0 Å². The van der Waals surface area contributed by atoms with E-state index in [4.69, 9.17) is 0 Å². The normalized spacial score (nSPS) is 16.3. The van der Waals surface area contributed by atoms with Crippen molar-refractivity contribution in [3.05, 3.63) is 155 Å². The van der Waals surface area contributed by atoms with Gasteiger partial charge in [0.25, 0.3) is 20.2 Å². The summed E-state index contributed by atoms with van der Waals surface area (Å²) in [6, 6.07) is 27.4. The highest BCUT2D eigenvalue weighted by Crippen LogP contribution is 2.51. The van der Waals surface area contributed by atoms with Crippen molar-refractivity contribution in [1.82, 2.24) is 0 Å². The average Bonchev–Trinajstić information content (AvgIpc) is 3.65. The van der Waals surface area contributed by atoms with E-state index in [1.54, 1.807) is 13.8 Å². The Kier molecular flexibility index (Phi) is 15.0. The Morgan fingerprint density at radius 3 is 2.14 bits per heavy atom. The van der Waals surface area contributed by atoms with E-state index in [-0.39, 0.29) is 34.8 Å². The topological polar surface area (TPSA) is 149 Å². The van der Waals surface area contributed by atoms with E-state index < -0.39 is 31.4 Å². The summed E-state index contributed by atoms with van der Waals surface area (Å²) in [7, 11) is -8.80. The smallest absolute Gasteiger partial charge is 0.294 e. The van der Waals surface area contributed by atoms with E-state index >= 15 is 0 Å². The minimum atomic E-state index is -4.54. The molecule has 0 fully saturated rings. The third kappa shape index (κ3) is 10.8. The Morgan fingerprint density at radius 2 is 1.46 bits per heavy atom. The third-order valence-electron chi connectivity index (χ3n) is 13.9. The molecule has 0 bridgehead atoms. The van der Waals surface area contributed by atoms with Crippen LogP contribution in [0.1, 0.15) is 126 Å². The lowest BCUT2D eigenvalue weighted by Gasteiger charge is -2.27. The molecule has 0 radical (unpaired) electrons. The van der Waals surface area contributed by atoms with E-state index in [0.717, 1.165) is 65.0 Å². The molecule has 5 aromatic carbocycles. The maximum atomic E-state index is 13.4. The summed E-state index contributed by atoms with van der Waals surface area (Å²) in [5.41, 5.74) is 8.42. The van der Waals surface area contributed by atoms with Gasteiger partial charge in [0.1, 0.15) is 6.54 Å². The van der Waals surface area contributed by atoms with Crippen LogP contribution in [0.15, 0.2) is 132 Å². The maximum absolute atomic E-state index is 13.4. The number of hydrogen-bond donors (Lipinski definition) is 2. The van der Waals surface area contributed by atoms with Crippen molar-refractivity contribution >= 4 is 76.0 Å². The first-order chi connectivity index (χ1) is 32.5. The second-order valence-corrected chi connectivity index (χ2v) is 22.6. The standard InChI is InChI=1S/C57H64N2O8S2/c1-9-10-33-58-48-29-25-42-17-14-15-18-46(42)54(48)56(5,6)52(58)31-26-41(40-21-23-43(24-22-40)51(61)20-13-11-12-19-50(60)38(2)3)27-32-53-57(7,8)55-47-37-44(69(65,66)67)36-39(4)45(47)28-30-49(55)59(53)34-16-35-68(62,63)64/h14-15,17-18,21-32,36-37H,2,9-13,16,19-20,33-35H2,1,3-8H3,(H-,62,63,64,65,66,67)/p+1. The van der Waals surface area contributed by atoms with E-state index in [2.05, 4.69) is 80.8 Å². The molecule has 0 saturated heterocycles. The molecule has 5 aromatic rings. The van der Waals surface area contributed by atoms with Gasteiger partial charge >= 0.3 is 0 Å². The fourth-order valence-electron chi connectivity index (χ4n) is 10.3. The predicted octanol–water partition coefficient (Wildman–Crippen LogP) is 12.6. The number of anilines is 1. The van der Waals surface area contributed by atoms with Gasteiger partial charge in [-0.2, -0.15) is 21.4 Å². The van der Waals surface area contributed by atoms with E-state index in [1.807, 2.05) is 67.0 Å². The molecular formula is C57H65N2O8S2+. The van der Waals surface area contributed by atoms with E-state index in [1.165, 1.54) is 34.2 Å². The molecule has 2 aliphatic heterocycles. The lowest BCUT2D eigenvalue weighted by atomic mass is 9.78. The monoisotopic (exact) mass is 969 g/mol. The van der Waals surface area contributed by atoms with Crippen LogP contribution in [-0.4, -0.2) is 66.6 Å². The van der Waals surface area contributed by atoms with Crippen molar-refractivity contribution in [2.24, 2.45) is 0 Å². The van der Waals surface area contributed by atoms with Crippen LogP contribution >= 0.6 is 0 Å². The number of Topliss-reactive ketones (excluding diaryl/α,β-unsaturated/α-hetero) is 2. The molecular weight excluding hydrogens is 905 g/mol. The van der Waals surface area contributed by atoms with Gasteiger partial charge in [0, 0.05) is 65.9 Å². The molecule has 0 aliphatic carbocycles. The van der Waals surface area contributed by atoms with Gasteiger partial charge < -0.3 is 4.90 Å². The quantitative estimate of drug-likeness (QED) is 0.0194. The highest BCUT2D eigenvalue weighted by Gasteiger charge is 2.46. The number of carbonyl (C=O) groups is 2. The number of ketones is 2. The number of unbranched alkanes of at least 4 members (excludes halogenated alkanes) is 3. The number of benzene rings is 5. The van der Waals surface area contributed by atoms with Gasteiger partial charge in [0.15, 0.2) is 17.3 Å². The van der Waals surface area contributed by atoms with Crippen molar-refractivity contribution < 1.29 is 40.1 Å². The zero-order chi connectivity index (χ0) is 50.1. The fraction of sp³-hybridized carbons (Fsp3) is 0.351. The number of rotatable bonds is 20. The average molecular weight is 970 g/mol. The van der Waals surface area contributed by atoms with Gasteiger partial charge in [-0.3, -0.25) is 18.7 Å². The molecule has 69 heavy (non-hydrogen) atoms. The lowest BCUT2D eigenvalue weighted by Crippen LogP contribution is -2.28. The zero-order valence-electron chi connectivity index (χ0n) is 40.9. The fourth-order valence-corrected chi connectivity index (χ4v) is 11.4. The van der Waals surface area contributed by atoms with Crippen LogP contribution in [-0.2, 0) is 35.9 Å². The second kappa shape index (κ2) is 20.3. The molecule has 0 unspecified atom stereocenters. The number of aryl methyl sites for hydroxylation is 1. The first kappa shape index (κ1) is 51.1. The summed E-state index contributed by atoms with van der Waals surface area (Å²) in [4.78, 5) is 27.7. The second-order valence-electron chi connectivity index (χ2n) is 19.7. The van der Waals surface area contributed by atoms with E-state index in [0.29, 0.717) is 47.8 Å². The number of carbonyl (C=O) groups excluding carboxylic acids is 2. The van der Waals surface area contributed by atoms with Crippen molar-refractivity contribution in [3.63, 3.8) is 0 Å². The summed E-state index contributed by atoms with van der Waals surface area (Å²) in [6.07, 6.45) is 13.5.